The summed E-state index contributed by atoms with van der Waals surface area (Å²) in [6.07, 6.45) is 1.25. The van der Waals surface area contributed by atoms with Crippen molar-refractivity contribution in [3.05, 3.63) is 112 Å². The second kappa shape index (κ2) is 8.15. The monoisotopic (exact) mass is 382 g/mol. The quantitative estimate of drug-likeness (QED) is 0.544. The van der Waals surface area contributed by atoms with E-state index in [4.69, 9.17) is 4.98 Å². The van der Waals surface area contributed by atoms with Gasteiger partial charge < -0.3 is 5.11 Å². The molecule has 1 heterocycles. The van der Waals surface area contributed by atoms with Gasteiger partial charge in [-0.05, 0) is 49.6 Å². The number of aromatic nitrogens is 2. The number of phenols is 1. The van der Waals surface area contributed by atoms with Gasteiger partial charge in [0.15, 0.2) is 0 Å². The van der Waals surface area contributed by atoms with Crippen molar-refractivity contribution in [2.45, 2.75) is 19.8 Å². The number of hydrogen-bond acceptors (Lipinski definition) is 3. The van der Waals surface area contributed by atoms with E-state index in [1.807, 2.05) is 61.5 Å². The number of rotatable bonds is 5. The van der Waals surface area contributed by atoms with Crippen molar-refractivity contribution in [3.63, 3.8) is 0 Å². The topological polar surface area (TPSA) is 55.1 Å². The van der Waals surface area contributed by atoms with E-state index in [0.29, 0.717) is 29.1 Å². The Bertz CT molecular complexity index is 1180. The average molecular weight is 382 g/mol. The Morgan fingerprint density at radius 2 is 1.45 bits per heavy atom. The third-order valence-corrected chi connectivity index (χ3v) is 5.02. The third-order valence-electron chi connectivity index (χ3n) is 5.02. The highest BCUT2D eigenvalue weighted by molar-refractivity contribution is 5.69. The number of nitrogens with zero attached hydrogens (tertiary/aromatic N) is 2. The van der Waals surface area contributed by atoms with Crippen LogP contribution in [0.15, 0.2) is 89.7 Å². The van der Waals surface area contributed by atoms with Gasteiger partial charge in [-0.3, -0.25) is 9.36 Å². The van der Waals surface area contributed by atoms with E-state index in [-0.39, 0.29) is 11.3 Å². The Hall–Kier alpha value is -3.66. The second-order valence-electron chi connectivity index (χ2n) is 6.97. The fraction of sp³-hybridized carbons (Fsp3) is 0.120. The zero-order valence-corrected chi connectivity index (χ0v) is 16.2. The maximum atomic E-state index is 13.6. The van der Waals surface area contributed by atoms with Gasteiger partial charge in [0.2, 0.25) is 0 Å². The van der Waals surface area contributed by atoms with Gasteiger partial charge in [0.25, 0.3) is 5.56 Å². The van der Waals surface area contributed by atoms with Gasteiger partial charge in [-0.15, -0.1) is 0 Å². The molecule has 1 N–H and O–H groups in total. The molecule has 4 aromatic rings. The SMILES string of the molecule is Cc1nc(-c2ccccc2O)c(CCc2ccccc2)c(=O)n1-c1ccccc1. The highest BCUT2D eigenvalue weighted by atomic mass is 16.3. The Balaban J connectivity index is 1.89. The Morgan fingerprint density at radius 3 is 2.14 bits per heavy atom. The molecule has 3 aromatic carbocycles. The molecule has 0 atom stereocenters. The van der Waals surface area contributed by atoms with E-state index < -0.39 is 0 Å². The van der Waals surface area contributed by atoms with Gasteiger partial charge in [-0.2, -0.15) is 0 Å². The normalized spacial score (nSPS) is 10.8. The molecule has 0 radical (unpaired) electrons. The van der Waals surface area contributed by atoms with Crippen LogP contribution in [-0.4, -0.2) is 14.7 Å². The van der Waals surface area contributed by atoms with Gasteiger partial charge in [-0.25, -0.2) is 4.98 Å². The van der Waals surface area contributed by atoms with E-state index >= 15 is 0 Å². The van der Waals surface area contributed by atoms with Gasteiger partial charge in [0.1, 0.15) is 11.6 Å². The molecule has 4 rings (SSSR count). The summed E-state index contributed by atoms with van der Waals surface area (Å²) in [5.74, 6) is 0.708. The highest BCUT2D eigenvalue weighted by Gasteiger charge is 2.19. The molecule has 0 fully saturated rings. The lowest BCUT2D eigenvalue weighted by molar-refractivity contribution is 0.477. The predicted molar refractivity (Wildman–Crippen MR) is 116 cm³/mol. The molecule has 0 saturated carbocycles. The van der Waals surface area contributed by atoms with E-state index in [0.717, 1.165) is 17.7 Å². The average Bonchev–Trinajstić information content (AvgIpc) is 2.75. The first-order valence-electron chi connectivity index (χ1n) is 9.65. The standard InChI is InChI=1S/C25H22N2O2/c1-18-26-24(21-14-8-9-15-23(21)28)22(17-16-19-10-4-2-5-11-19)25(29)27(18)20-12-6-3-7-13-20/h2-15,28H,16-17H2,1H3. The summed E-state index contributed by atoms with van der Waals surface area (Å²) < 4.78 is 1.64. The summed E-state index contributed by atoms with van der Waals surface area (Å²) in [6.45, 7) is 1.82. The number of benzene rings is 3. The lowest BCUT2D eigenvalue weighted by atomic mass is 9.99. The zero-order chi connectivity index (χ0) is 20.2. The lowest BCUT2D eigenvalue weighted by Crippen LogP contribution is -2.27. The van der Waals surface area contributed by atoms with Gasteiger partial charge >= 0.3 is 0 Å². The van der Waals surface area contributed by atoms with Crippen molar-refractivity contribution in [2.24, 2.45) is 0 Å². The number of aromatic hydroxyl groups is 1. The van der Waals surface area contributed by atoms with Gasteiger partial charge in [-0.1, -0.05) is 60.7 Å². The summed E-state index contributed by atoms with van der Waals surface area (Å²) in [6, 6.07) is 26.6. The predicted octanol–water partition coefficient (Wildman–Crippen LogP) is 4.70. The van der Waals surface area contributed by atoms with Crippen LogP contribution in [0.3, 0.4) is 0 Å². The Morgan fingerprint density at radius 1 is 0.828 bits per heavy atom. The minimum absolute atomic E-state index is 0.0992. The smallest absolute Gasteiger partial charge is 0.261 e. The zero-order valence-electron chi connectivity index (χ0n) is 16.2. The first kappa shape index (κ1) is 18.7. The summed E-state index contributed by atoms with van der Waals surface area (Å²) in [5.41, 5.74) is 3.57. The molecule has 0 aliphatic carbocycles. The van der Waals surface area contributed by atoms with Crippen LogP contribution in [0.4, 0.5) is 0 Å². The van der Waals surface area contributed by atoms with Crippen LogP contribution in [0, 0.1) is 6.92 Å². The summed E-state index contributed by atoms with van der Waals surface area (Å²) in [4.78, 5) is 18.3. The minimum Gasteiger partial charge on any atom is -0.507 e. The van der Waals surface area contributed by atoms with E-state index in [9.17, 15) is 9.90 Å². The number of hydrogen-bond donors (Lipinski definition) is 1. The maximum absolute atomic E-state index is 13.6. The molecule has 1 aromatic heterocycles. The van der Waals surface area contributed by atoms with E-state index in [1.165, 1.54) is 0 Å². The summed E-state index contributed by atoms with van der Waals surface area (Å²) in [5, 5.41) is 10.4. The molecule has 4 heteroatoms. The first-order valence-corrected chi connectivity index (χ1v) is 9.65. The molecular weight excluding hydrogens is 360 g/mol. The molecule has 0 saturated heterocycles. The molecule has 144 valence electrons. The van der Waals surface area contributed by atoms with Crippen molar-refractivity contribution in [1.29, 1.82) is 0 Å². The fourth-order valence-corrected chi connectivity index (χ4v) is 3.58. The van der Waals surface area contributed by atoms with Gasteiger partial charge in [0.05, 0.1) is 11.4 Å². The Kier molecular flexibility index (Phi) is 5.25. The van der Waals surface area contributed by atoms with Crippen LogP contribution in [0.1, 0.15) is 17.0 Å². The molecule has 0 aliphatic rings. The van der Waals surface area contributed by atoms with Crippen molar-refractivity contribution in [1.82, 2.24) is 9.55 Å². The maximum Gasteiger partial charge on any atom is 0.261 e. The highest BCUT2D eigenvalue weighted by Crippen LogP contribution is 2.29. The first-order chi connectivity index (χ1) is 14.1. The summed E-state index contributed by atoms with van der Waals surface area (Å²) >= 11 is 0. The molecule has 4 nitrogen and oxygen atoms in total. The van der Waals surface area contributed by atoms with Crippen LogP contribution in [-0.2, 0) is 12.8 Å². The van der Waals surface area contributed by atoms with Crippen molar-refractivity contribution >= 4 is 0 Å². The van der Waals surface area contributed by atoms with Gasteiger partial charge in [0, 0.05) is 11.1 Å². The van der Waals surface area contributed by atoms with E-state index in [1.54, 1.807) is 22.8 Å². The molecule has 29 heavy (non-hydrogen) atoms. The molecule has 0 aliphatic heterocycles. The molecule has 0 amide bonds. The largest absolute Gasteiger partial charge is 0.507 e. The van der Waals surface area contributed by atoms with Crippen LogP contribution < -0.4 is 5.56 Å². The molecular formula is C25H22N2O2. The van der Waals surface area contributed by atoms with E-state index in [2.05, 4.69) is 12.1 Å². The summed E-state index contributed by atoms with van der Waals surface area (Å²) in [7, 11) is 0. The number of para-hydroxylation sites is 2. The lowest BCUT2D eigenvalue weighted by Gasteiger charge is -2.16. The van der Waals surface area contributed by atoms with Crippen molar-refractivity contribution < 1.29 is 5.11 Å². The minimum atomic E-state index is -0.0992. The fourth-order valence-electron chi connectivity index (χ4n) is 3.58. The van der Waals surface area contributed by atoms with Crippen LogP contribution in [0.25, 0.3) is 16.9 Å². The van der Waals surface area contributed by atoms with Crippen LogP contribution in [0.5, 0.6) is 5.75 Å². The molecule has 0 unspecified atom stereocenters. The van der Waals surface area contributed by atoms with Crippen LogP contribution >= 0.6 is 0 Å². The van der Waals surface area contributed by atoms with Crippen molar-refractivity contribution in [3.8, 4) is 22.7 Å². The second-order valence-corrected chi connectivity index (χ2v) is 6.97. The number of phenolic OH excluding ortho intramolecular Hbond substituents is 1. The molecule has 0 bridgehead atoms. The number of aryl methyl sites for hydroxylation is 2. The van der Waals surface area contributed by atoms with Crippen molar-refractivity contribution in [2.75, 3.05) is 0 Å². The third kappa shape index (κ3) is 3.83. The van der Waals surface area contributed by atoms with Crippen LogP contribution in [0.2, 0.25) is 0 Å². The molecule has 0 spiro atoms. The Labute approximate surface area is 169 Å².